The number of nitrogens with one attached hydrogen (secondary N) is 3. The quantitative estimate of drug-likeness (QED) is 0.522. The SMILES string of the molecule is C[C@H](C(=O)NCCc1cccs1)[NH+]1CC[NH+](Cc2nc3ccccc3s2)CC1. The van der Waals surface area contributed by atoms with Crippen LogP contribution in [-0.2, 0) is 17.8 Å². The Kier molecular flexibility index (Phi) is 6.36. The lowest BCUT2D eigenvalue weighted by atomic mass is 10.2. The van der Waals surface area contributed by atoms with Crippen molar-refractivity contribution >= 4 is 38.8 Å². The number of nitrogens with zero attached hydrogens (tertiary/aromatic N) is 1. The topological polar surface area (TPSA) is 50.9 Å². The molecule has 3 aromatic rings. The Balaban J connectivity index is 1.22. The average Bonchev–Trinajstić information content (AvgIpc) is 3.37. The monoisotopic (exact) mass is 416 g/mol. The van der Waals surface area contributed by atoms with E-state index < -0.39 is 0 Å². The lowest BCUT2D eigenvalue weighted by Crippen LogP contribution is -3.29. The van der Waals surface area contributed by atoms with Crippen LogP contribution in [0.15, 0.2) is 41.8 Å². The molecule has 1 aromatic carbocycles. The van der Waals surface area contributed by atoms with E-state index in [1.54, 1.807) is 16.2 Å². The van der Waals surface area contributed by atoms with E-state index in [-0.39, 0.29) is 11.9 Å². The molecular formula is C21H28N4OS2+2. The van der Waals surface area contributed by atoms with Gasteiger partial charge in [0, 0.05) is 11.4 Å². The number of thiazole rings is 1. The Morgan fingerprint density at radius 1 is 1.18 bits per heavy atom. The molecule has 4 rings (SSSR count). The van der Waals surface area contributed by atoms with Crippen LogP contribution in [0.1, 0.15) is 16.8 Å². The van der Waals surface area contributed by atoms with Gasteiger partial charge in [0.2, 0.25) is 0 Å². The summed E-state index contributed by atoms with van der Waals surface area (Å²) in [5.74, 6) is 0.182. The van der Waals surface area contributed by atoms with Crippen LogP contribution in [0.25, 0.3) is 10.2 Å². The van der Waals surface area contributed by atoms with Crippen LogP contribution in [0.5, 0.6) is 0 Å². The molecule has 1 atom stereocenters. The maximum absolute atomic E-state index is 12.5. The molecule has 1 amide bonds. The van der Waals surface area contributed by atoms with Gasteiger partial charge >= 0.3 is 0 Å². The summed E-state index contributed by atoms with van der Waals surface area (Å²) in [5.41, 5.74) is 1.11. The standard InChI is InChI=1S/C21H26N4OS2/c1-16(21(26)22-9-8-17-5-4-14-27-17)25-12-10-24(11-13-25)15-20-23-18-6-2-3-7-19(18)28-20/h2-7,14,16H,8-13,15H2,1H3,(H,22,26)/p+2/t16-/m1/s1. The molecule has 5 nitrogen and oxygen atoms in total. The van der Waals surface area contributed by atoms with Crippen LogP contribution < -0.4 is 15.1 Å². The second-order valence-corrected chi connectivity index (χ2v) is 9.65. The molecule has 1 fully saturated rings. The highest BCUT2D eigenvalue weighted by Gasteiger charge is 2.31. The number of hydrogen-bond acceptors (Lipinski definition) is 4. The molecule has 148 valence electrons. The van der Waals surface area contributed by atoms with E-state index in [0.717, 1.165) is 51.2 Å². The lowest BCUT2D eigenvalue weighted by Gasteiger charge is -2.32. The Hall–Kier alpha value is -1.80. The van der Waals surface area contributed by atoms with Gasteiger partial charge in [-0.1, -0.05) is 18.2 Å². The van der Waals surface area contributed by atoms with Gasteiger partial charge < -0.3 is 15.1 Å². The lowest BCUT2D eigenvalue weighted by molar-refractivity contribution is -1.02. The number of quaternary nitrogens is 2. The number of benzene rings is 1. The minimum atomic E-state index is 0.0207. The number of rotatable bonds is 7. The van der Waals surface area contributed by atoms with Crippen molar-refractivity contribution in [3.05, 3.63) is 51.7 Å². The summed E-state index contributed by atoms with van der Waals surface area (Å²) in [6.45, 7) is 8.06. The van der Waals surface area contributed by atoms with Gasteiger partial charge in [0.15, 0.2) is 6.04 Å². The predicted octanol–water partition coefficient (Wildman–Crippen LogP) is 0.389. The second kappa shape index (κ2) is 9.13. The first-order chi connectivity index (χ1) is 13.7. The van der Waals surface area contributed by atoms with Gasteiger partial charge in [-0.3, -0.25) is 4.79 Å². The first-order valence-corrected chi connectivity index (χ1v) is 11.7. The first-order valence-electron chi connectivity index (χ1n) is 10.0. The number of para-hydroxylation sites is 1. The van der Waals surface area contributed by atoms with E-state index in [2.05, 4.69) is 48.0 Å². The van der Waals surface area contributed by atoms with Crippen LogP contribution in [0, 0.1) is 0 Å². The molecule has 0 bridgehead atoms. The molecule has 1 aliphatic rings. The maximum atomic E-state index is 12.5. The van der Waals surface area contributed by atoms with E-state index in [1.807, 2.05) is 17.4 Å². The number of carbonyl (C=O) groups is 1. The van der Waals surface area contributed by atoms with Crippen molar-refractivity contribution < 1.29 is 14.6 Å². The fourth-order valence-corrected chi connectivity index (χ4v) is 5.59. The summed E-state index contributed by atoms with van der Waals surface area (Å²) in [4.78, 5) is 21.6. The van der Waals surface area contributed by atoms with Crippen molar-refractivity contribution in [2.45, 2.75) is 25.9 Å². The zero-order valence-corrected chi connectivity index (χ0v) is 17.9. The van der Waals surface area contributed by atoms with Crippen LogP contribution in [0.3, 0.4) is 0 Å². The molecule has 28 heavy (non-hydrogen) atoms. The molecule has 7 heteroatoms. The highest BCUT2D eigenvalue weighted by atomic mass is 32.1. The van der Waals surface area contributed by atoms with Crippen molar-refractivity contribution in [1.29, 1.82) is 0 Å². The first kappa shape index (κ1) is 19.5. The third-order valence-corrected chi connectivity index (χ3v) is 7.57. The molecule has 3 N–H and O–H groups in total. The van der Waals surface area contributed by atoms with Crippen molar-refractivity contribution in [2.24, 2.45) is 0 Å². The summed E-state index contributed by atoms with van der Waals surface area (Å²) in [6.07, 6.45) is 0.922. The normalized spacial score (nSPS) is 20.9. The Labute approximate surface area is 174 Å². The highest BCUT2D eigenvalue weighted by Crippen LogP contribution is 2.20. The van der Waals surface area contributed by atoms with Crippen LogP contribution >= 0.6 is 22.7 Å². The summed E-state index contributed by atoms with van der Waals surface area (Å²) < 4.78 is 1.27. The fraction of sp³-hybridized carbons (Fsp3) is 0.429. The van der Waals surface area contributed by atoms with Gasteiger partial charge in [-0.2, -0.15) is 0 Å². The van der Waals surface area contributed by atoms with Crippen molar-refractivity contribution in [3.63, 3.8) is 0 Å². The van der Waals surface area contributed by atoms with Gasteiger partial charge in [0.25, 0.3) is 5.91 Å². The molecule has 0 aliphatic carbocycles. The number of fused-ring (bicyclic) bond motifs is 1. The number of aromatic nitrogens is 1. The number of hydrogen-bond donors (Lipinski definition) is 3. The summed E-state index contributed by atoms with van der Waals surface area (Å²) >= 11 is 3.56. The van der Waals surface area contributed by atoms with Crippen molar-refractivity contribution in [3.8, 4) is 0 Å². The molecule has 1 aliphatic heterocycles. The average molecular weight is 417 g/mol. The van der Waals surface area contributed by atoms with Gasteiger partial charge in [-0.25, -0.2) is 4.98 Å². The van der Waals surface area contributed by atoms with Gasteiger partial charge in [0.05, 0.1) is 10.2 Å². The fourth-order valence-electron chi connectivity index (χ4n) is 3.85. The Morgan fingerprint density at radius 2 is 2.00 bits per heavy atom. The Bertz CT molecular complexity index is 867. The maximum Gasteiger partial charge on any atom is 0.278 e. The van der Waals surface area contributed by atoms with E-state index in [4.69, 9.17) is 4.98 Å². The summed E-state index contributed by atoms with van der Waals surface area (Å²) in [5, 5.41) is 6.42. The molecule has 0 saturated carbocycles. The molecule has 2 aromatic heterocycles. The number of carbonyl (C=O) groups excluding carboxylic acids is 1. The zero-order valence-electron chi connectivity index (χ0n) is 16.2. The zero-order chi connectivity index (χ0) is 19.3. The van der Waals surface area contributed by atoms with E-state index >= 15 is 0 Å². The van der Waals surface area contributed by atoms with Crippen LogP contribution in [-0.4, -0.2) is 49.7 Å². The van der Waals surface area contributed by atoms with Gasteiger partial charge in [0.1, 0.15) is 37.7 Å². The van der Waals surface area contributed by atoms with Crippen LogP contribution in [0.2, 0.25) is 0 Å². The smallest absolute Gasteiger partial charge is 0.278 e. The van der Waals surface area contributed by atoms with Crippen molar-refractivity contribution in [2.75, 3.05) is 32.7 Å². The largest absolute Gasteiger partial charge is 0.351 e. The molecule has 3 heterocycles. The third-order valence-electron chi connectivity index (χ3n) is 5.60. The minimum absolute atomic E-state index is 0.0207. The predicted molar refractivity (Wildman–Crippen MR) is 115 cm³/mol. The second-order valence-electron chi connectivity index (χ2n) is 7.50. The Morgan fingerprint density at radius 3 is 2.75 bits per heavy atom. The third kappa shape index (κ3) is 4.78. The van der Waals surface area contributed by atoms with Gasteiger partial charge in [-0.15, -0.1) is 22.7 Å². The van der Waals surface area contributed by atoms with Crippen LogP contribution in [0.4, 0.5) is 0 Å². The molecule has 0 unspecified atom stereocenters. The molecule has 1 saturated heterocycles. The molecular weight excluding hydrogens is 388 g/mol. The van der Waals surface area contributed by atoms with Gasteiger partial charge in [-0.05, 0) is 36.9 Å². The number of amides is 1. The van der Waals surface area contributed by atoms with E-state index in [1.165, 1.54) is 19.5 Å². The number of thiophene rings is 1. The highest BCUT2D eigenvalue weighted by molar-refractivity contribution is 7.18. The minimum Gasteiger partial charge on any atom is -0.351 e. The summed E-state index contributed by atoms with van der Waals surface area (Å²) in [7, 11) is 0. The molecule has 0 spiro atoms. The summed E-state index contributed by atoms with van der Waals surface area (Å²) in [6, 6.07) is 12.6. The van der Waals surface area contributed by atoms with E-state index in [0.29, 0.717) is 0 Å². The molecule has 0 radical (unpaired) electrons. The number of piperazine rings is 1. The van der Waals surface area contributed by atoms with Crippen molar-refractivity contribution in [1.82, 2.24) is 10.3 Å². The van der Waals surface area contributed by atoms with E-state index in [9.17, 15) is 4.79 Å².